The van der Waals surface area contributed by atoms with Crippen LogP contribution in [0, 0.1) is 5.92 Å². The van der Waals surface area contributed by atoms with Gasteiger partial charge in [0.2, 0.25) is 11.9 Å². The molecule has 0 unspecified atom stereocenters. The van der Waals surface area contributed by atoms with Crippen molar-refractivity contribution in [3.05, 3.63) is 27.2 Å². The fourth-order valence-corrected chi connectivity index (χ4v) is 5.12. The van der Waals surface area contributed by atoms with Crippen molar-refractivity contribution in [3.8, 4) is 0 Å². The van der Waals surface area contributed by atoms with Gasteiger partial charge in [-0.1, -0.05) is 53.5 Å². The van der Waals surface area contributed by atoms with Gasteiger partial charge in [-0.15, -0.1) is 10.2 Å². The summed E-state index contributed by atoms with van der Waals surface area (Å²) in [6, 6.07) is 3.53. The summed E-state index contributed by atoms with van der Waals surface area (Å²) in [7, 11) is 0. The molecule has 1 N–H and O–H groups in total. The average Bonchev–Trinajstić information content (AvgIpc) is 3.43. The third-order valence-corrected chi connectivity index (χ3v) is 6.99. The first-order chi connectivity index (χ1) is 13.9. The monoisotopic (exact) mass is 473 g/mol. The van der Waals surface area contributed by atoms with Gasteiger partial charge < -0.3 is 10.2 Å². The Labute approximate surface area is 189 Å². The molecule has 0 radical (unpaired) electrons. The molecule has 0 spiro atoms. The molecule has 1 aliphatic carbocycles. The smallest absolute Gasteiger partial charge is 0.234 e. The summed E-state index contributed by atoms with van der Waals surface area (Å²) in [5, 5.41) is 13.4. The Kier molecular flexibility index (Phi) is 6.49. The number of hydrogen-bond acceptors (Lipinski definition) is 5. The van der Waals surface area contributed by atoms with Crippen molar-refractivity contribution >= 4 is 64.1 Å². The van der Waals surface area contributed by atoms with Crippen LogP contribution >= 0.6 is 46.6 Å². The molecule has 10 heteroatoms. The number of halogens is 3. The van der Waals surface area contributed by atoms with Gasteiger partial charge in [-0.25, -0.2) is 0 Å². The van der Waals surface area contributed by atoms with Crippen LogP contribution < -0.4 is 10.2 Å². The number of piperidine rings is 1. The van der Waals surface area contributed by atoms with E-state index in [9.17, 15) is 4.79 Å². The predicted octanol–water partition coefficient (Wildman–Crippen LogP) is 5.54. The Morgan fingerprint density at radius 3 is 2.41 bits per heavy atom. The molecule has 0 atom stereocenters. The Balaban J connectivity index is 1.43. The second kappa shape index (κ2) is 8.92. The number of carbonyl (C=O) groups excluding carboxylic acids is 1. The number of carbonyl (C=O) groups is 1. The van der Waals surface area contributed by atoms with E-state index in [-0.39, 0.29) is 11.7 Å². The van der Waals surface area contributed by atoms with Crippen LogP contribution in [0.3, 0.4) is 0 Å². The van der Waals surface area contributed by atoms with Crippen LogP contribution in [0.1, 0.15) is 38.6 Å². The molecule has 2 heterocycles. The molecular weight excluding hydrogens is 453 g/mol. The highest BCUT2D eigenvalue weighted by atomic mass is 35.5. The van der Waals surface area contributed by atoms with Gasteiger partial charge in [0.1, 0.15) is 0 Å². The summed E-state index contributed by atoms with van der Waals surface area (Å²) < 4.78 is 2.20. The molecule has 1 saturated carbocycles. The normalized spacial score (nSPS) is 17.6. The lowest BCUT2D eigenvalue weighted by molar-refractivity contribution is -0.113. The third-order valence-electron chi connectivity index (χ3n) is 5.23. The van der Waals surface area contributed by atoms with Crippen LogP contribution in [0.4, 0.5) is 11.6 Å². The standard InChI is InChI=1S/C19H22Cl3N5OS/c1-11-4-6-26(7-5-11)18-24-25-19(27(18)13-2-3-13)29-10-16(28)23-17-14(21)8-12(20)9-15(17)22/h8-9,11,13H,2-7,10H2,1H3,(H,23,28). The highest BCUT2D eigenvalue weighted by molar-refractivity contribution is 7.99. The Morgan fingerprint density at radius 2 is 1.79 bits per heavy atom. The van der Waals surface area contributed by atoms with E-state index in [1.165, 1.54) is 24.6 Å². The van der Waals surface area contributed by atoms with Gasteiger partial charge in [-0.2, -0.15) is 0 Å². The summed E-state index contributed by atoms with van der Waals surface area (Å²) in [5.41, 5.74) is 0.370. The maximum Gasteiger partial charge on any atom is 0.234 e. The highest BCUT2D eigenvalue weighted by Crippen LogP contribution is 2.41. The molecule has 6 nitrogen and oxygen atoms in total. The Hall–Kier alpha value is -1.15. The van der Waals surface area contributed by atoms with E-state index in [1.807, 2.05) is 0 Å². The lowest BCUT2D eigenvalue weighted by atomic mass is 10.00. The predicted molar refractivity (Wildman–Crippen MR) is 120 cm³/mol. The first-order valence-electron chi connectivity index (χ1n) is 9.69. The van der Waals surface area contributed by atoms with Gasteiger partial charge in [-0.05, 0) is 43.7 Å². The highest BCUT2D eigenvalue weighted by Gasteiger charge is 2.32. The minimum absolute atomic E-state index is 0.192. The van der Waals surface area contributed by atoms with Crippen molar-refractivity contribution in [3.63, 3.8) is 0 Å². The number of nitrogens with zero attached hydrogens (tertiary/aromatic N) is 4. The quantitative estimate of drug-likeness (QED) is 0.557. The summed E-state index contributed by atoms with van der Waals surface area (Å²) in [6.07, 6.45) is 4.60. The number of rotatable bonds is 6. The maximum absolute atomic E-state index is 12.5. The minimum atomic E-state index is -0.209. The summed E-state index contributed by atoms with van der Waals surface area (Å²) >= 11 is 19.6. The van der Waals surface area contributed by atoms with Gasteiger partial charge in [0.25, 0.3) is 0 Å². The van der Waals surface area contributed by atoms with Crippen LogP contribution in [-0.4, -0.2) is 39.5 Å². The summed E-state index contributed by atoms with van der Waals surface area (Å²) in [6.45, 7) is 4.30. The zero-order chi connectivity index (χ0) is 20.5. The number of hydrogen-bond donors (Lipinski definition) is 1. The lowest BCUT2D eigenvalue weighted by Gasteiger charge is -2.31. The molecule has 2 aromatic rings. The molecule has 1 aromatic carbocycles. The molecule has 4 rings (SSSR count). The van der Waals surface area contributed by atoms with Gasteiger partial charge in [0.05, 0.1) is 21.5 Å². The summed E-state index contributed by atoms with van der Waals surface area (Å²) in [5.74, 6) is 1.68. The van der Waals surface area contributed by atoms with Crippen molar-refractivity contribution in [1.82, 2.24) is 14.8 Å². The van der Waals surface area contributed by atoms with E-state index in [0.29, 0.717) is 26.8 Å². The Morgan fingerprint density at radius 1 is 1.14 bits per heavy atom. The molecule has 0 bridgehead atoms. The number of nitrogens with one attached hydrogen (secondary N) is 1. The van der Waals surface area contributed by atoms with Crippen LogP contribution in [0.5, 0.6) is 0 Å². The average molecular weight is 475 g/mol. The van der Waals surface area contributed by atoms with Gasteiger partial charge in [0, 0.05) is 24.2 Å². The van der Waals surface area contributed by atoms with E-state index in [1.54, 1.807) is 12.1 Å². The molecule has 1 aliphatic heterocycles. The summed E-state index contributed by atoms with van der Waals surface area (Å²) in [4.78, 5) is 14.8. The molecule has 29 heavy (non-hydrogen) atoms. The number of aromatic nitrogens is 3. The molecule has 156 valence electrons. The van der Waals surface area contributed by atoms with Gasteiger partial charge >= 0.3 is 0 Å². The minimum Gasteiger partial charge on any atom is -0.341 e. The first-order valence-corrected chi connectivity index (χ1v) is 11.8. The van der Waals surface area contributed by atoms with E-state index in [0.717, 1.165) is 43.0 Å². The zero-order valence-electron chi connectivity index (χ0n) is 16.0. The number of amides is 1. The second-order valence-electron chi connectivity index (χ2n) is 7.63. The zero-order valence-corrected chi connectivity index (χ0v) is 19.1. The van der Waals surface area contributed by atoms with Crippen molar-refractivity contribution in [2.75, 3.05) is 29.1 Å². The van der Waals surface area contributed by atoms with Crippen molar-refractivity contribution in [2.45, 2.75) is 43.8 Å². The van der Waals surface area contributed by atoms with Crippen LogP contribution in [-0.2, 0) is 4.79 Å². The van der Waals surface area contributed by atoms with E-state index in [4.69, 9.17) is 34.8 Å². The second-order valence-corrected chi connectivity index (χ2v) is 9.83. The number of thioether (sulfide) groups is 1. The van der Waals surface area contributed by atoms with Crippen molar-refractivity contribution in [1.29, 1.82) is 0 Å². The van der Waals surface area contributed by atoms with Gasteiger partial charge in [0.15, 0.2) is 5.16 Å². The lowest BCUT2D eigenvalue weighted by Crippen LogP contribution is -2.34. The molecule has 2 fully saturated rings. The molecule has 1 amide bonds. The molecule has 2 aliphatic rings. The number of benzene rings is 1. The van der Waals surface area contributed by atoms with E-state index < -0.39 is 0 Å². The maximum atomic E-state index is 12.5. The van der Waals surface area contributed by atoms with Gasteiger partial charge in [-0.3, -0.25) is 9.36 Å². The van der Waals surface area contributed by atoms with Crippen molar-refractivity contribution < 1.29 is 4.79 Å². The fourth-order valence-electron chi connectivity index (χ4n) is 3.41. The van der Waals surface area contributed by atoms with Crippen LogP contribution in [0.25, 0.3) is 0 Å². The number of anilines is 2. The topological polar surface area (TPSA) is 63.1 Å². The molecular formula is C19H22Cl3N5OS. The Bertz CT molecular complexity index is 886. The van der Waals surface area contributed by atoms with Crippen LogP contribution in [0.15, 0.2) is 17.3 Å². The largest absolute Gasteiger partial charge is 0.341 e. The first kappa shape index (κ1) is 21.1. The SMILES string of the molecule is CC1CCN(c2nnc(SCC(=O)Nc3c(Cl)cc(Cl)cc3Cl)n2C2CC2)CC1. The molecule has 1 aromatic heterocycles. The third kappa shape index (κ3) is 4.95. The van der Waals surface area contributed by atoms with Crippen molar-refractivity contribution in [2.24, 2.45) is 5.92 Å². The van der Waals surface area contributed by atoms with Crippen LogP contribution in [0.2, 0.25) is 15.1 Å². The van der Waals surface area contributed by atoms with E-state index in [2.05, 4.69) is 31.9 Å². The fraction of sp³-hybridized carbons (Fsp3) is 0.526. The molecule has 1 saturated heterocycles. The van der Waals surface area contributed by atoms with E-state index >= 15 is 0 Å².